The lowest BCUT2D eigenvalue weighted by molar-refractivity contribution is -0.154. The predicted molar refractivity (Wildman–Crippen MR) is 240 cm³/mol. The smallest absolute Gasteiger partial charge is 0.472 e. The van der Waals surface area contributed by atoms with Crippen LogP contribution in [-0.2, 0) is 32.7 Å². The summed E-state index contributed by atoms with van der Waals surface area (Å²) in [6.45, 7) is 3.89. The van der Waals surface area contributed by atoms with Gasteiger partial charge in [-0.1, -0.05) is 179 Å². The van der Waals surface area contributed by atoms with Crippen LogP contribution in [0.4, 0.5) is 0 Å². The van der Waals surface area contributed by atoms with Crippen molar-refractivity contribution in [2.75, 3.05) is 26.4 Å². The summed E-state index contributed by atoms with van der Waals surface area (Å²) in [6.07, 6.45) is 48.0. The Morgan fingerprint density at radius 3 is 1.31 bits per heavy atom. The molecule has 0 aliphatic heterocycles. The summed E-state index contributed by atoms with van der Waals surface area (Å²) in [5.74, 6) is -1.78. The molecule has 342 valence electrons. The molecule has 11 heteroatoms. The van der Waals surface area contributed by atoms with E-state index in [1.54, 1.807) is 0 Å². The lowest BCUT2D eigenvalue weighted by Crippen LogP contribution is -2.34. The number of unbranched alkanes of at least 4 members (excludes halogenated alkanes) is 28. The Morgan fingerprint density at radius 1 is 0.534 bits per heavy atom. The average Bonchev–Trinajstić information content (AvgIpc) is 3.20. The van der Waals surface area contributed by atoms with E-state index in [4.69, 9.17) is 29.4 Å². The van der Waals surface area contributed by atoms with Crippen LogP contribution in [0.15, 0.2) is 24.3 Å². The Kier molecular flexibility index (Phi) is 42.4. The number of carboxylic acid groups (broad SMARTS) is 1. The van der Waals surface area contributed by atoms with Crippen LogP contribution in [0.1, 0.15) is 226 Å². The van der Waals surface area contributed by atoms with Gasteiger partial charge in [-0.05, 0) is 64.2 Å². The van der Waals surface area contributed by atoms with Crippen LogP contribution in [0.25, 0.3) is 0 Å². The Hall–Kier alpha value is -1.55. The van der Waals surface area contributed by atoms with Gasteiger partial charge in [-0.15, -0.1) is 0 Å². The van der Waals surface area contributed by atoms with Crippen molar-refractivity contribution >= 4 is 19.8 Å². The number of ether oxygens (including phenoxy) is 2. The van der Waals surface area contributed by atoms with Gasteiger partial charge in [-0.2, -0.15) is 0 Å². The molecule has 0 aromatic heterocycles. The molecule has 0 aromatic carbocycles. The highest BCUT2D eigenvalue weighted by molar-refractivity contribution is 7.47. The average molecular weight is 844 g/mol. The van der Waals surface area contributed by atoms with E-state index in [1.807, 2.05) is 0 Å². The van der Waals surface area contributed by atoms with Gasteiger partial charge in [0.15, 0.2) is 0 Å². The van der Waals surface area contributed by atoms with E-state index in [0.717, 1.165) is 44.9 Å². The SMILES string of the molecule is CCCCCCC/C=C\CCCCCCCCOCC(COP(=O)(O)OCC(N)C(=O)O)OC(=O)CCCCCCCCCCC/C=C\CCCCCCCCCC. The fraction of sp³-hybridized carbons (Fsp3) is 0.872. The van der Waals surface area contributed by atoms with Crippen molar-refractivity contribution in [2.45, 2.75) is 238 Å². The number of esters is 1. The Morgan fingerprint density at radius 2 is 0.897 bits per heavy atom. The summed E-state index contributed by atoms with van der Waals surface area (Å²) in [4.78, 5) is 33.6. The second-order valence-corrected chi connectivity index (χ2v) is 17.7. The van der Waals surface area contributed by atoms with Crippen molar-refractivity contribution in [2.24, 2.45) is 5.73 Å². The van der Waals surface area contributed by atoms with Crippen molar-refractivity contribution in [3.05, 3.63) is 24.3 Å². The third-order valence-corrected chi connectivity index (χ3v) is 11.4. The van der Waals surface area contributed by atoms with Crippen molar-refractivity contribution in [1.82, 2.24) is 0 Å². The van der Waals surface area contributed by atoms with Crippen LogP contribution < -0.4 is 5.73 Å². The van der Waals surface area contributed by atoms with E-state index in [-0.39, 0.29) is 13.0 Å². The van der Waals surface area contributed by atoms with Crippen LogP contribution in [-0.4, -0.2) is 60.5 Å². The molecule has 3 unspecified atom stereocenters. The normalized spacial score (nSPS) is 14.0. The molecule has 0 amide bonds. The first kappa shape index (κ1) is 56.5. The summed E-state index contributed by atoms with van der Waals surface area (Å²) >= 11 is 0. The molecule has 58 heavy (non-hydrogen) atoms. The summed E-state index contributed by atoms with van der Waals surface area (Å²) in [6, 6.07) is -1.47. The minimum atomic E-state index is -4.62. The topological polar surface area (TPSA) is 155 Å². The molecular formula is C47H90NO9P. The number of carbonyl (C=O) groups is 2. The molecule has 0 aliphatic rings. The zero-order chi connectivity index (χ0) is 42.6. The molecule has 0 saturated heterocycles. The fourth-order valence-corrected chi connectivity index (χ4v) is 7.49. The third-order valence-electron chi connectivity index (χ3n) is 10.5. The summed E-state index contributed by atoms with van der Waals surface area (Å²) < 4.78 is 33.4. The number of hydrogen-bond acceptors (Lipinski definition) is 8. The van der Waals surface area contributed by atoms with Crippen LogP contribution in [0, 0.1) is 0 Å². The molecular weight excluding hydrogens is 753 g/mol. The van der Waals surface area contributed by atoms with Crippen molar-refractivity contribution < 1.29 is 42.7 Å². The lowest BCUT2D eigenvalue weighted by atomic mass is 10.1. The Labute approximate surface area is 355 Å². The molecule has 0 heterocycles. The van der Waals surface area contributed by atoms with Crippen LogP contribution in [0.3, 0.4) is 0 Å². The van der Waals surface area contributed by atoms with Gasteiger partial charge in [0.05, 0.1) is 19.8 Å². The molecule has 0 aliphatic carbocycles. The van der Waals surface area contributed by atoms with E-state index in [9.17, 15) is 19.0 Å². The molecule has 10 nitrogen and oxygen atoms in total. The second kappa shape index (κ2) is 43.5. The highest BCUT2D eigenvalue weighted by Crippen LogP contribution is 2.43. The predicted octanol–water partition coefficient (Wildman–Crippen LogP) is 13.5. The Balaban J connectivity index is 4.16. The highest BCUT2D eigenvalue weighted by Gasteiger charge is 2.27. The third kappa shape index (κ3) is 42.6. The maximum atomic E-state index is 12.7. The number of allylic oxidation sites excluding steroid dienone is 4. The molecule has 4 N–H and O–H groups in total. The summed E-state index contributed by atoms with van der Waals surface area (Å²) in [5.41, 5.74) is 5.36. The molecule has 0 aromatic rings. The number of nitrogens with two attached hydrogens (primary N) is 1. The standard InChI is InChI=1S/C47H90NO9P/c1-3-5-7-9-11-13-15-17-19-20-21-22-23-24-25-27-29-31-33-35-37-39-46(49)57-44(42-55-58(52,53)56-43-45(48)47(50)51)41-54-40-38-36-34-32-30-28-26-18-16-14-12-10-8-6-4-2/h16,18,20-21,44-45H,3-15,17,19,22-43,48H2,1-2H3,(H,50,51)(H,52,53)/b18-16-,21-20-. The van der Waals surface area contributed by atoms with E-state index in [0.29, 0.717) is 13.0 Å². The first-order chi connectivity index (χ1) is 28.2. The zero-order valence-corrected chi connectivity index (χ0v) is 38.3. The first-order valence-electron chi connectivity index (χ1n) is 23.9. The van der Waals surface area contributed by atoms with E-state index >= 15 is 0 Å². The number of hydrogen-bond donors (Lipinski definition) is 3. The van der Waals surface area contributed by atoms with Gasteiger partial charge in [0.1, 0.15) is 12.1 Å². The largest absolute Gasteiger partial charge is 0.480 e. The summed E-state index contributed by atoms with van der Waals surface area (Å²) in [7, 11) is -4.62. The molecule has 3 atom stereocenters. The summed E-state index contributed by atoms with van der Waals surface area (Å²) in [5, 5.41) is 8.91. The van der Waals surface area contributed by atoms with E-state index in [1.165, 1.54) is 154 Å². The zero-order valence-electron chi connectivity index (χ0n) is 37.4. The van der Waals surface area contributed by atoms with Crippen molar-refractivity contribution in [3.8, 4) is 0 Å². The number of phosphoric acid groups is 1. The van der Waals surface area contributed by atoms with Crippen LogP contribution in [0.5, 0.6) is 0 Å². The van der Waals surface area contributed by atoms with E-state index < -0.39 is 45.1 Å². The van der Waals surface area contributed by atoms with Crippen molar-refractivity contribution in [1.29, 1.82) is 0 Å². The minimum absolute atomic E-state index is 0.0148. The van der Waals surface area contributed by atoms with Gasteiger partial charge in [0, 0.05) is 13.0 Å². The lowest BCUT2D eigenvalue weighted by Gasteiger charge is -2.20. The van der Waals surface area contributed by atoms with E-state index in [2.05, 4.69) is 38.2 Å². The molecule has 0 spiro atoms. The molecule has 0 radical (unpaired) electrons. The van der Waals surface area contributed by atoms with Gasteiger partial charge >= 0.3 is 19.8 Å². The van der Waals surface area contributed by atoms with Crippen LogP contribution >= 0.6 is 7.82 Å². The monoisotopic (exact) mass is 844 g/mol. The van der Waals surface area contributed by atoms with Crippen LogP contribution in [0.2, 0.25) is 0 Å². The number of aliphatic carboxylic acids is 1. The number of carbonyl (C=O) groups excluding carboxylic acids is 1. The number of phosphoric ester groups is 1. The molecule has 0 saturated carbocycles. The van der Waals surface area contributed by atoms with Gasteiger partial charge in [-0.3, -0.25) is 18.6 Å². The quantitative estimate of drug-likeness (QED) is 0.0233. The van der Waals surface area contributed by atoms with Gasteiger partial charge < -0.3 is 25.2 Å². The van der Waals surface area contributed by atoms with Gasteiger partial charge in [0.2, 0.25) is 0 Å². The highest BCUT2D eigenvalue weighted by atomic mass is 31.2. The maximum absolute atomic E-state index is 12.7. The first-order valence-corrected chi connectivity index (χ1v) is 25.4. The molecule has 0 rings (SSSR count). The van der Waals surface area contributed by atoms with Crippen molar-refractivity contribution in [3.63, 3.8) is 0 Å². The van der Waals surface area contributed by atoms with Gasteiger partial charge in [-0.25, -0.2) is 4.57 Å². The van der Waals surface area contributed by atoms with Gasteiger partial charge in [0.25, 0.3) is 0 Å². The minimum Gasteiger partial charge on any atom is -0.480 e. The fourth-order valence-electron chi connectivity index (χ4n) is 6.71. The second-order valence-electron chi connectivity index (χ2n) is 16.2. The number of carboxylic acids is 1. The number of rotatable bonds is 46. The molecule has 0 fully saturated rings. The molecule has 0 bridgehead atoms. The Bertz CT molecular complexity index is 1020. The maximum Gasteiger partial charge on any atom is 0.472 e.